The first-order chi connectivity index (χ1) is 6.16. The summed E-state index contributed by atoms with van der Waals surface area (Å²) in [6, 6.07) is 0. The van der Waals surface area contributed by atoms with E-state index in [9.17, 15) is 8.42 Å². The van der Waals surface area contributed by atoms with Gasteiger partial charge in [-0.15, -0.1) is 0 Å². The van der Waals surface area contributed by atoms with Gasteiger partial charge in [0.1, 0.15) is 5.88 Å². The van der Waals surface area contributed by atoms with Crippen LogP contribution >= 0.6 is 0 Å². The van der Waals surface area contributed by atoms with Crippen LogP contribution in [0.3, 0.4) is 0 Å². The van der Waals surface area contributed by atoms with E-state index in [-0.39, 0.29) is 5.88 Å². The van der Waals surface area contributed by atoms with Gasteiger partial charge in [-0.1, -0.05) is 0 Å². The molecule has 2 fully saturated rings. The fraction of sp³-hybridized carbons (Fsp3) is 1.00. The smallest absolute Gasteiger partial charge is 0.288 e. The van der Waals surface area contributed by atoms with Gasteiger partial charge in [-0.3, -0.25) is 4.90 Å². The summed E-state index contributed by atoms with van der Waals surface area (Å²) in [5.74, 6) is 0.0451. The fourth-order valence-corrected chi connectivity index (χ4v) is 2.50. The second kappa shape index (κ2) is 3.53. The summed E-state index contributed by atoms with van der Waals surface area (Å²) in [5.41, 5.74) is 0. The highest BCUT2D eigenvalue weighted by atomic mass is 32.2. The third-order valence-electron chi connectivity index (χ3n) is 2.32. The molecule has 2 saturated heterocycles. The number of hydrogen-bond acceptors (Lipinski definition) is 5. The van der Waals surface area contributed by atoms with E-state index in [1.165, 1.54) is 5.06 Å². The second-order valence-electron chi connectivity index (χ2n) is 3.52. The van der Waals surface area contributed by atoms with Gasteiger partial charge >= 0.3 is 0 Å². The molecule has 0 amide bonds. The Morgan fingerprint density at radius 1 is 1.08 bits per heavy atom. The van der Waals surface area contributed by atoms with E-state index in [1.807, 2.05) is 4.90 Å². The van der Waals surface area contributed by atoms with E-state index >= 15 is 0 Å². The van der Waals surface area contributed by atoms with Crippen molar-refractivity contribution in [2.75, 3.05) is 32.1 Å². The molecule has 0 aromatic carbocycles. The van der Waals surface area contributed by atoms with Crippen LogP contribution in [0.1, 0.15) is 12.8 Å². The summed E-state index contributed by atoms with van der Waals surface area (Å²) < 4.78 is 27.5. The molecular formula is C7H14N2O3S. The minimum absolute atomic E-state index is 0.0451. The molecule has 0 unspecified atom stereocenters. The van der Waals surface area contributed by atoms with E-state index in [2.05, 4.69) is 0 Å². The molecular weight excluding hydrogens is 192 g/mol. The summed E-state index contributed by atoms with van der Waals surface area (Å²) >= 11 is 0. The van der Waals surface area contributed by atoms with Gasteiger partial charge in [-0.2, -0.15) is 17.8 Å². The van der Waals surface area contributed by atoms with E-state index in [0.717, 1.165) is 39.0 Å². The first kappa shape index (κ1) is 9.39. The number of nitrogens with zero attached hydrogens (tertiary/aromatic N) is 2. The summed E-state index contributed by atoms with van der Waals surface area (Å²) in [6.07, 6.45) is 2.12. The number of rotatable bonds is 4. The van der Waals surface area contributed by atoms with Crippen molar-refractivity contribution in [3.63, 3.8) is 0 Å². The molecule has 2 aliphatic heterocycles. The molecule has 76 valence electrons. The summed E-state index contributed by atoms with van der Waals surface area (Å²) in [6.45, 7) is 3.23. The Morgan fingerprint density at radius 3 is 2.08 bits per heavy atom. The molecule has 2 aliphatic rings. The van der Waals surface area contributed by atoms with Crippen LogP contribution in [0.5, 0.6) is 0 Å². The first-order valence-corrected chi connectivity index (χ1v) is 6.13. The Bertz CT molecular complexity index is 247. The lowest BCUT2D eigenvalue weighted by atomic mass is 10.2. The number of hydrogen-bond donors (Lipinski definition) is 0. The summed E-state index contributed by atoms with van der Waals surface area (Å²) in [7, 11) is -3.35. The SMILES string of the molecule is O=S(=O)(CN1CCC1)ON1CCC1. The van der Waals surface area contributed by atoms with E-state index in [0.29, 0.717) is 0 Å². The van der Waals surface area contributed by atoms with Gasteiger partial charge in [0, 0.05) is 26.2 Å². The van der Waals surface area contributed by atoms with Gasteiger partial charge < -0.3 is 0 Å². The topological polar surface area (TPSA) is 49.9 Å². The number of hydroxylamine groups is 2. The lowest BCUT2D eigenvalue weighted by Crippen LogP contribution is -2.45. The highest BCUT2D eigenvalue weighted by molar-refractivity contribution is 7.86. The average molecular weight is 206 g/mol. The lowest BCUT2D eigenvalue weighted by molar-refractivity contribution is -0.102. The molecule has 5 nitrogen and oxygen atoms in total. The maximum Gasteiger partial charge on any atom is 0.296 e. The molecule has 13 heavy (non-hydrogen) atoms. The Labute approximate surface area is 78.3 Å². The normalized spacial score (nSPS) is 25.2. The number of likely N-dealkylation sites (tertiary alicyclic amines) is 1. The largest absolute Gasteiger partial charge is 0.296 e. The zero-order valence-corrected chi connectivity index (χ0v) is 8.29. The van der Waals surface area contributed by atoms with Crippen LogP contribution < -0.4 is 0 Å². The molecule has 0 bridgehead atoms. The highest BCUT2D eigenvalue weighted by Crippen LogP contribution is 2.13. The van der Waals surface area contributed by atoms with Crippen molar-refractivity contribution < 1.29 is 12.7 Å². The standard InChI is InChI=1S/C7H14N2O3S/c10-13(11,7-8-3-1-4-8)12-9-5-2-6-9/h1-7H2. The van der Waals surface area contributed by atoms with Gasteiger partial charge in [-0.05, 0) is 12.8 Å². The molecule has 0 aromatic rings. The van der Waals surface area contributed by atoms with Crippen molar-refractivity contribution in [1.82, 2.24) is 9.96 Å². The molecule has 2 heterocycles. The van der Waals surface area contributed by atoms with Crippen LogP contribution in [-0.2, 0) is 14.4 Å². The zero-order chi connectivity index (χ0) is 9.31. The van der Waals surface area contributed by atoms with E-state index in [1.54, 1.807) is 0 Å². The van der Waals surface area contributed by atoms with Crippen LogP contribution in [0.4, 0.5) is 0 Å². The van der Waals surface area contributed by atoms with Crippen LogP contribution in [0.15, 0.2) is 0 Å². The van der Waals surface area contributed by atoms with Crippen LogP contribution in [-0.4, -0.2) is 50.4 Å². The van der Waals surface area contributed by atoms with Crippen LogP contribution in [0, 0.1) is 0 Å². The monoisotopic (exact) mass is 206 g/mol. The van der Waals surface area contributed by atoms with Crippen LogP contribution in [0.2, 0.25) is 0 Å². The predicted octanol–water partition coefficient (Wildman–Crippen LogP) is -0.383. The van der Waals surface area contributed by atoms with Gasteiger partial charge in [0.15, 0.2) is 0 Å². The molecule has 0 saturated carbocycles. The average Bonchev–Trinajstić information content (AvgIpc) is 1.90. The molecule has 2 rings (SSSR count). The van der Waals surface area contributed by atoms with Gasteiger partial charge in [0.05, 0.1) is 0 Å². The minimum atomic E-state index is -3.35. The second-order valence-corrected chi connectivity index (χ2v) is 5.04. The third-order valence-corrected chi connectivity index (χ3v) is 3.44. The highest BCUT2D eigenvalue weighted by Gasteiger charge is 2.26. The van der Waals surface area contributed by atoms with Crippen molar-refractivity contribution in [1.29, 1.82) is 0 Å². The lowest BCUT2D eigenvalue weighted by Gasteiger charge is -2.32. The minimum Gasteiger partial charge on any atom is -0.288 e. The van der Waals surface area contributed by atoms with Crippen molar-refractivity contribution in [2.45, 2.75) is 12.8 Å². The van der Waals surface area contributed by atoms with E-state index in [4.69, 9.17) is 4.28 Å². The Kier molecular flexibility index (Phi) is 2.55. The third kappa shape index (κ3) is 2.40. The van der Waals surface area contributed by atoms with Crippen molar-refractivity contribution in [2.24, 2.45) is 0 Å². The van der Waals surface area contributed by atoms with Gasteiger partial charge in [0.2, 0.25) is 0 Å². The molecule has 0 aromatic heterocycles. The van der Waals surface area contributed by atoms with Gasteiger partial charge in [0.25, 0.3) is 10.1 Å². The molecule has 0 spiro atoms. The van der Waals surface area contributed by atoms with E-state index < -0.39 is 10.1 Å². The first-order valence-electron chi connectivity index (χ1n) is 4.55. The maximum absolute atomic E-state index is 11.3. The predicted molar refractivity (Wildman–Crippen MR) is 47.3 cm³/mol. The maximum atomic E-state index is 11.3. The Hall–Kier alpha value is -0.170. The molecule has 0 N–H and O–H groups in total. The molecule has 0 aliphatic carbocycles. The summed E-state index contributed by atoms with van der Waals surface area (Å²) in [4.78, 5) is 1.87. The molecule has 6 heteroatoms. The van der Waals surface area contributed by atoms with Crippen molar-refractivity contribution >= 4 is 10.1 Å². The Morgan fingerprint density at radius 2 is 1.69 bits per heavy atom. The Balaban J connectivity index is 1.79. The fourth-order valence-electron chi connectivity index (χ4n) is 1.28. The molecule has 0 radical (unpaired) electrons. The van der Waals surface area contributed by atoms with Gasteiger partial charge in [-0.25, -0.2) is 0 Å². The summed E-state index contributed by atoms with van der Waals surface area (Å²) in [5, 5.41) is 1.50. The van der Waals surface area contributed by atoms with Crippen molar-refractivity contribution in [3.05, 3.63) is 0 Å². The molecule has 0 atom stereocenters. The van der Waals surface area contributed by atoms with Crippen LogP contribution in [0.25, 0.3) is 0 Å². The quantitative estimate of drug-likeness (QED) is 0.627. The van der Waals surface area contributed by atoms with Crippen molar-refractivity contribution in [3.8, 4) is 0 Å². The zero-order valence-electron chi connectivity index (χ0n) is 7.48.